The second kappa shape index (κ2) is 12.6. The number of para-hydroxylation sites is 1. The van der Waals surface area contributed by atoms with E-state index >= 15 is 0 Å². The Kier molecular flexibility index (Phi) is 7.00. The van der Waals surface area contributed by atoms with E-state index in [2.05, 4.69) is 166 Å². The van der Waals surface area contributed by atoms with Gasteiger partial charge in [-0.2, -0.15) is 0 Å². The van der Waals surface area contributed by atoms with Crippen molar-refractivity contribution in [1.82, 2.24) is 15.0 Å². The summed E-state index contributed by atoms with van der Waals surface area (Å²) in [5.41, 5.74) is 13.1. The summed E-state index contributed by atoms with van der Waals surface area (Å²) < 4.78 is 13.3. The average Bonchev–Trinajstić information content (AvgIpc) is 3.95. The van der Waals surface area contributed by atoms with Gasteiger partial charge in [0.2, 0.25) is 0 Å². The third-order valence-electron chi connectivity index (χ3n) is 12.9. The first-order chi connectivity index (χ1) is 30.0. The maximum absolute atomic E-state index is 6.68. The molecule has 12 aromatic rings. The minimum absolute atomic E-state index is 0.265. The lowest BCUT2D eigenvalue weighted by molar-refractivity contribution is 0.620. The molecule has 1 aliphatic carbocycles. The van der Waals surface area contributed by atoms with E-state index in [1.165, 1.54) is 44.0 Å². The zero-order chi connectivity index (χ0) is 40.4. The van der Waals surface area contributed by atoms with Crippen molar-refractivity contribution in [3.8, 4) is 56.4 Å². The van der Waals surface area contributed by atoms with Gasteiger partial charge in [-0.25, -0.2) is 15.0 Å². The molecule has 3 aromatic heterocycles. The first-order valence-corrected chi connectivity index (χ1v) is 20.8. The van der Waals surface area contributed by atoms with Gasteiger partial charge in [-0.15, -0.1) is 0 Å². The maximum atomic E-state index is 6.68. The molecular formula is C56H35N3O2. The summed E-state index contributed by atoms with van der Waals surface area (Å²) >= 11 is 0. The van der Waals surface area contributed by atoms with Gasteiger partial charge in [-0.1, -0.05) is 147 Å². The molecule has 0 unspecified atom stereocenters. The second-order valence-electron chi connectivity index (χ2n) is 16.7. The molecule has 5 heteroatoms. The molecule has 0 amide bonds. The van der Waals surface area contributed by atoms with Crippen LogP contribution < -0.4 is 0 Å². The first kappa shape index (κ1) is 34.0. The van der Waals surface area contributed by atoms with Crippen molar-refractivity contribution in [2.45, 2.75) is 19.3 Å². The minimum Gasteiger partial charge on any atom is -0.456 e. The van der Waals surface area contributed by atoms with Crippen LogP contribution in [0.15, 0.2) is 185 Å². The number of rotatable bonds is 4. The van der Waals surface area contributed by atoms with Crippen LogP contribution in [-0.2, 0) is 5.41 Å². The summed E-state index contributed by atoms with van der Waals surface area (Å²) in [6, 6.07) is 61.8. The van der Waals surface area contributed by atoms with Crippen molar-refractivity contribution >= 4 is 65.4 Å². The molecule has 3 heterocycles. The summed E-state index contributed by atoms with van der Waals surface area (Å²) in [4.78, 5) is 15.5. The molecule has 286 valence electrons. The van der Waals surface area contributed by atoms with Crippen molar-refractivity contribution in [2.75, 3.05) is 0 Å². The Morgan fingerprint density at radius 2 is 1.03 bits per heavy atom. The number of benzene rings is 9. The second-order valence-corrected chi connectivity index (χ2v) is 16.7. The highest BCUT2D eigenvalue weighted by molar-refractivity contribution is 6.23. The van der Waals surface area contributed by atoms with E-state index in [1.807, 2.05) is 24.3 Å². The van der Waals surface area contributed by atoms with Crippen molar-refractivity contribution in [2.24, 2.45) is 0 Å². The number of aromatic nitrogens is 3. The fourth-order valence-electron chi connectivity index (χ4n) is 10.0. The predicted octanol–water partition coefficient (Wildman–Crippen LogP) is 15.0. The third-order valence-corrected chi connectivity index (χ3v) is 12.9. The molecular weight excluding hydrogens is 747 g/mol. The number of fused-ring (bicyclic) bond motifs is 13. The molecule has 1 aliphatic rings. The molecule has 61 heavy (non-hydrogen) atoms. The number of furan rings is 2. The van der Waals surface area contributed by atoms with E-state index in [4.69, 9.17) is 23.8 Å². The summed E-state index contributed by atoms with van der Waals surface area (Å²) in [6.45, 7) is 4.59. The lowest BCUT2D eigenvalue weighted by Crippen LogP contribution is -2.15. The van der Waals surface area contributed by atoms with Gasteiger partial charge >= 0.3 is 0 Å². The van der Waals surface area contributed by atoms with Crippen LogP contribution in [0.3, 0.4) is 0 Å². The van der Waals surface area contributed by atoms with Crippen LogP contribution in [0.2, 0.25) is 0 Å². The fraction of sp³-hybridized carbons (Fsp3) is 0.0536. The zero-order valence-electron chi connectivity index (χ0n) is 33.4. The molecule has 0 spiro atoms. The van der Waals surface area contributed by atoms with Crippen molar-refractivity contribution in [1.29, 1.82) is 0 Å². The molecule has 0 atom stereocenters. The lowest BCUT2D eigenvalue weighted by atomic mass is 9.81. The van der Waals surface area contributed by atoms with E-state index in [9.17, 15) is 0 Å². The third kappa shape index (κ3) is 4.98. The summed E-state index contributed by atoms with van der Waals surface area (Å²) in [5, 5.41) is 9.12. The molecule has 0 N–H and O–H groups in total. The van der Waals surface area contributed by atoms with Gasteiger partial charge in [0.25, 0.3) is 0 Å². The Morgan fingerprint density at radius 3 is 1.87 bits per heavy atom. The molecule has 0 saturated carbocycles. The highest BCUT2D eigenvalue weighted by Crippen LogP contribution is 2.53. The maximum Gasteiger partial charge on any atom is 0.164 e. The topological polar surface area (TPSA) is 65.0 Å². The van der Waals surface area contributed by atoms with Crippen LogP contribution in [-0.4, -0.2) is 15.0 Å². The molecule has 9 aromatic carbocycles. The van der Waals surface area contributed by atoms with Gasteiger partial charge < -0.3 is 8.83 Å². The van der Waals surface area contributed by atoms with Crippen LogP contribution in [0.1, 0.15) is 25.0 Å². The molecule has 13 rings (SSSR count). The van der Waals surface area contributed by atoms with Gasteiger partial charge in [0.05, 0.1) is 0 Å². The van der Waals surface area contributed by atoms with Crippen molar-refractivity contribution < 1.29 is 8.83 Å². The molecule has 0 fully saturated rings. The Morgan fingerprint density at radius 1 is 0.377 bits per heavy atom. The Hall–Kier alpha value is -7.89. The lowest BCUT2D eigenvalue weighted by Gasteiger charge is -2.21. The number of hydrogen-bond donors (Lipinski definition) is 0. The predicted molar refractivity (Wildman–Crippen MR) is 249 cm³/mol. The number of hydrogen-bond acceptors (Lipinski definition) is 5. The molecule has 5 nitrogen and oxygen atoms in total. The highest BCUT2D eigenvalue weighted by atomic mass is 16.3. The highest BCUT2D eigenvalue weighted by Gasteiger charge is 2.39. The van der Waals surface area contributed by atoms with E-state index < -0.39 is 0 Å². The van der Waals surface area contributed by atoms with E-state index in [-0.39, 0.29) is 5.41 Å². The SMILES string of the molecule is CC1(C)c2ccc(-c3nc(-c4ccccc4)nc(-c4ccc5oc6cc(-c7cccc8ccccc78)c7ccccc7c6c5c4)n3)cc2-c2ccc3c(oc4ccccc43)c21. The van der Waals surface area contributed by atoms with E-state index in [0.29, 0.717) is 17.5 Å². The largest absolute Gasteiger partial charge is 0.456 e. The molecule has 0 saturated heterocycles. The van der Waals surface area contributed by atoms with Gasteiger partial charge in [0.1, 0.15) is 22.3 Å². The van der Waals surface area contributed by atoms with Crippen LogP contribution in [0.25, 0.3) is 122 Å². The van der Waals surface area contributed by atoms with Crippen LogP contribution in [0, 0.1) is 0 Å². The normalized spacial score (nSPS) is 13.2. The Balaban J connectivity index is 0.988. The van der Waals surface area contributed by atoms with E-state index in [1.54, 1.807) is 0 Å². The standard InChI is InChI=1S/C56H35N3O2/c1-56(2)46-27-23-34(29-44(46)41-25-26-42-39-19-10-11-22-47(39)61-52(42)51(41)56)54-57-53(33-14-4-3-5-15-33)58-55(59-54)35-24-28-48-45(30-35)50-40-20-9-8-18-38(40)43(31-49(50)60-48)37-21-12-16-32-13-6-7-17-36(32)37/h3-31H,1-2H3. The van der Waals surface area contributed by atoms with Crippen molar-refractivity contribution in [3.63, 3.8) is 0 Å². The number of nitrogens with zero attached hydrogens (tertiary/aromatic N) is 3. The van der Waals surface area contributed by atoms with Gasteiger partial charge in [-0.05, 0) is 91.8 Å². The van der Waals surface area contributed by atoms with Crippen molar-refractivity contribution in [3.05, 3.63) is 187 Å². The Bertz CT molecular complexity index is 3800. The first-order valence-electron chi connectivity index (χ1n) is 20.8. The smallest absolute Gasteiger partial charge is 0.164 e. The summed E-state index contributed by atoms with van der Waals surface area (Å²) in [7, 11) is 0. The van der Waals surface area contributed by atoms with Gasteiger partial charge in [-0.3, -0.25) is 0 Å². The van der Waals surface area contributed by atoms with Gasteiger partial charge in [0, 0.05) is 49.2 Å². The molecule has 0 aliphatic heterocycles. The summed E-state index contributed by atoms with van der Waals surface area (Å²) in [5.74, 6) is 1.83. The van der Waals surface area contributed by atoms with E-state index in [0.717, 1.165) is 71.5 Å². The fourth-order valence-corrected chi connectivity index (χ4v) is 10.0. The Labute approximate surface area is 350 Å². The molecule has 0 radical (unpaired) electrons. The van der Waals surface area contributed by atoms with Crippen LogP contribution in [0.4, 0.5) is 0 Å². The monoisotopic (exact) mass is 781 g/mol. The summed E-state index contributed by atoms with van der Waals surface area (Å²) in [6.07, 6.45) is 0. The average molecular weight is 782 g/mol. The zero-order valence-corrected chi connectivity index (χ0v) is 33.4. The quantitative estimate of drug-likeness (QED) is 0.178. The van der Waals surface area contributed by atoms with Gasteiger partial charge in [0.15, 0.2) is 17.5 Å². The van der Waals surface area contributed by atoms with Crippen LogP contribution in [0.5, 0.6) is 0 Å². The molecule has 0 bridgehead atoms. The minimum atomic E-state index is -0.265. The van der Waals surface area contributed by atoms with Crippen LogP contribution >= 0.6 is 0 Å².